The van der Waals surface area contributed by atoms with Gasteiger partial charge in [0.05, 0.1) is 11.3 Å². The number of para-hydroxylation sites is 1. The van der Waals surface area contributed by atoms with Crippen LogP contribution in [0.2, 0.25) is 0 Å². The lowest BCUT2D eigenvalue weighted by atomic mass is 10.00. The molecule has 0 unspecified atom stereocenters. The summed E-state index contributed by atoms with van der Waals surface area (Å²) < 4.78 is 55.9. The lowest BCUT2D eigenvalue weighted by Crippen LogP contribution is -2.14. The molecule has 0 aliphatic rings. The second-order valence-electron chi connectivity index (χ2n) is 5.19. The third kappa shape index (κ3) is 3.10. The van der Waals surface area contributed by atoms with E-state index in [2.05, 4.69) is 5.32 Å². The standard InChI is InChI=1S/C19H11F4NO/c20-14-13(19(25)11-7-3-1-4-8-11)18(17(23)16(22)15(14)21)24-12-9-5-2-6-10-12/h1-10,24H. The van der Waals surface area contributed by atoms with Crippen LogP contribution in [0, 0.1) is 23.3 Å². The summed E-state index contributed by atoms with van der Waals surface area (Å²) in [7, 11) is 0. The van der Waals surface area contributed by atoms with E-state index in [-0.39, 0.29) is 11.3 Å². The number of rotatable bonds is 4. The number of hydrogen-bond acceptors (Lipinski definition) is 2. The van der Waals surface area contributed by atoms with Crippen LogP contribution in [0.5, 0.6) is 0 Å². The molecule has 0 aliphatic heterocycles. The number of nitrogens with one attached hydrogen (secondary N) is 1. The van der Waals surface area contributed by atoms with Crippen molar-refractivity contribution in [3.05, 3.63) is 95.1 Å². The summed E-state index contributed by atoms with van der Waals surface area (Å²) in [6.45, 7) is 0. The number of halogens is 4. The maximum absolute atomic E-state index is 14.3. The van der Waals surface area contributed by atoms with Crippen LogP contribution in [0.4, 0.5) is 28.9 Å². The molecule has 0 aliphatic carbocycles. The lowest BCUT2D eigenvalue weighted by Gasteiger charge is -2.15. The maximum atomic E-state index is 14.3. The highest BCUT2D eigenvalue weighted by Crippen LogP contribution is 2.32. The molecule has 2 nitrogen and oxygen atoms in total. The van der Waals surface area contributed by atoms with Gasteiger partial charge in [0.2, 0.25) is 0 Å². The predicted molar refractivity (Wildman–Crippen MR) is 85.9 cm³/mol. The monoisotopic (exact) mass is 345 g/mol. The van der Waals surface area contributed by atoms with Crippen molar-refractivity contribution in [2.24, 2.45) is 0 Å². The highest BCUT2D eigenvalue weighted by Gasteiger charge is 2.29. The van der Waals surface area contributed by atoms with Gasteiger partial charge in [0.1, 0.15) is 0 Å². The van der Waals surface area contributed by atoms with E-state index in [1.165, 1.54) is 36.4 Å². The lowest BCUT2D eigenvalue weighted by molar-refractivity contribution is 0.103. The van der Waals surface area contributed by atoms with Crippen LogP contribution in [0.15, 0.2) is 60.7 Å². The van der Waals surface area contributed by atoms with Gasteiger partial charge in [0.25, 0.3) is 0 Å². The number of hydrogen-bond donors (Lipinski definition) is 1. The Balaban J connectivity index is 2.20. The molecule has 25 heavy (non-hydrogen) atoms. The molecule has 1 N–H and O–H groups in total. The Hall–Kier alpha value is -3.15. The summed E-state index contributed by atoms with van der Waals surface area (Å²) in [4.78, 5) is 12.6. The Kier molecular flexibility index (Phi) is 4.52. The molecule has 0 radical (unpaired) electrons. The minimum absolute atomic E-state index is 0.0166. The average Bonchev–Trinajstić information content (AvgIpc) is 2.66. The number of anilines is 2. The topological polar surface area (TPSA) is 29.1 Å². The smallest absolute Gasteiger partial charge is 0.199 e. The van der Waals surface area contributed by atoms with Gasteiger partial charge in [-0.1, -0.05) is 48.5 Å². The largest absolute Gasteiger partial charge is 0.352 e. The van der Waals surface area contributed by atoms with E-state index in [0.717, 1.165) is 0 Å². The first-order chi connectivity index (χ1) is 12.0. The summed E-state index contributed by atoms with van der Waals surface area (Å²) >= 11 is 0. The van der Waals surface area contributed by atoms with E-state index < -0.39 is 40.3 Å². The van der Waals surface area contributed by atoms with Crippen molar-refractivity contribution < 1.29 is 22.4 Å². The van der Waals surface area contributed by atoms with Crippen molar-refractivity contribution in [1.29, 1.82) is 0 Å². The van der Waals surface area contributed by atoms with Crippen molar-refractivity contribution in [2.45, 2.75) is 0 Å². The molecule has 3 aromatic carbocycles. The van der Waals surface area contributed by atoms with Gasteiger partial charge in [-0.2, -0.15) is 0 Å². The third-order valence-corrected chi connectivity index (χ3v) is 3.57. The van der Waals surface area contributed by atoms with Gasteiger partial charge in [-0.05, 0) is 12.1 Å². The van der Waals surface area contributed by atoms with E-state index in [1.54, 1.807) is 24.3 Å². The summed E-state index contributed by atoms with van der Waals surface area (Å²) in [5.74, 6) is -8.39. The van der Waals surface area contributed by atoms with E-state index in [1.807, 2.05) is 0 Å². The fourth-order valence-corrected chi connectivity index (χ4v) is 2.36. The van der Waals surface area contributed by atoms with Gasteiger partial charge in [0.15, 0.2) is 29.1 Å². The van der Waals surface area contributed by atoms with Crippen molar-refractivity contribution in [3.8, 4) is 0 Å². The molecular formula is C19H11F4NO. The fraction of sp³-hybridized carbons (Fsp3) is 0. The Morgan fingerprint density at radius 3 is 1.80 bits per heavy atom. The van der Waals surface area contributed by atoms with E-state index >= 15 is 0 Å². The van der Waals surface area contributed by atoms with Gasteiger partial charge in [0, 0.05) is 11.3 Å². The molecule has 0 atom stereocenters. The molecule has 3 aromatic rings. The molecule has 3 rings (SSSR count). The van der Waals surface area contributed by atoms with Crippen LogP contribution < -0.4 is 5.32 Å². The van der Waals surface area contributed by atoms with Crippen molar-refractivity contribution in [3.63, 3.8) is 0 Å². The second-order valence-corrected chi connectivity index (χ2v) is 5.19. The zero-order chi connectivity index (χ0) is 18.0. The van der Waals surface area contributed by atoms with Crippen molar-refractivity contribution in [2.75, 3.05) is 5.32 Å². The van der Waals surface area contributed by atoms with Gasteiger partial charge in [-0.25, -0.2) is 17.6 Å². The molecule has 0 amide bonds. The molecule has 0 heterocycles. The number of carbonyl (C=O) groups excluding carboxylic acids is 1. The molecule has 0 saturated carbocycles. The number of carbonyl (C=O) groups is 1. The van der Waals surface area contributed by atoms with Crippen LogP contribution >= 0.6 is 0 Å². The summed E-state index contributed by atoms with van der Waals surface area (Å²) in [5, 5.41) is 2.46. The quantitative estimate of drug-likeness (QED) is 0.304. The van der Waals surface area contributed by atoms with Gasteiger partial charge in [-0.15, -0.1) is 0 Å². The van der Waals surface area contributed by atoms with Crippen molar-refractivity contribution >= 4 is 17.2 Å². The minimum atomic E-state index is -2.03. The van der Waals surface area contributed by atoms with Crippen LogP contribution in [0.1, 0.15) is 15.9 Å². The molecule has 0 aromatic heterocycles. The summed E-state index contributed by atoms with van der Waals surface area (Å²) in [6.07, 6.45) is 0. The minimum Gasteiger partial charge on any atom is -0.352 e. The normalized spacial score (nSPS) is 10.6. The zero-order valence-electron chi connectivity index (χ0n) is 12.7. The molecule has 0 saturated heterocycles. The SMILES string of the molecule is O=C(c1ccccc1)c1c(F)c(F)c(F)c(F)c1Nc1ccccc1. The van der Waals surface area contributed by atoms with E-state index in [4.69, 9.17) is 0 Å². The van der Waals surface area contributed by atoms with Crippen LogP contribution in [-0.2, 0) is 0 Å². The molecule has 6 heteroatoms. The third-order valence-electron chi connectivity index (χ3n) is 3.57. The Labute approximate surface area is 140 Å². The fourth-order valence-electron chi connectivity index (χ4n) is 2.36. The molecular weight excluding hydrogens is 334 g/mol. The van der Waals surface area contributed by atoms with Crippen LogP contribution in [0.3, 0.4) is 0 Å². The highest BCUT2D eigenvalue weighted by molar-refractivity contribution is 6.13. The molecule has 0 fully saturated rings. The molecule has 0 spiro atoms. The van der Waals surface area contributed by atoms with Gasteiger partial charge >= 0.3 is 0 Å². The Bertz CT molecular complexity index is 927. The average molecular weight is 345 g/mol. The predicted octanol–water partition coefficient (Wildman–Crippen LogP) is 5.22. The first-order valence-corrected chi connectivity index (χ1v) is 7.28. The Morgan fingerprint density at radius 1 is 0.680 bits per heavy atom. The number of benzene rings is 3. The van der Waals surface area contributed by atoms with E-state index in [0.29, 0.717) is 0 Å². The first kappa shape index (κ1) is 16.7. The maximum Gasteiger partial charge on any atom is 0.199 e. The summed E-state index contributed by atoms with van der Waals surface area (Å²) in [5.41, 5.74) is -1.35. The molecule has 126 valence electrons. The van der Waals surface area contributed by atoms with E-state index in [9.17, 15) is 22.4 Å². The Morgan fingerprint density at radius 2 is 1.20 bits per heavy atom. The molecule has 0 bridgehead atoms. The van der Waals surface area contributed by atoms with Crippen LogP contribution in [0.25, 0.3) is 0 Å². The highest BCUT2D eigenvalue weighted by atomic mass is 19.2. The zero-order valence-corrected chi connectivity index (χ0v) is 12.7. The number of ketones is 1. The summed E-state index contributed by atoms with van der Waals surface area (Å²) in [6, 6.07) is 15.3. The van der Waals surface area contributed by atoms with Gasteiger partial charge < -0.3 is 5.32 Å². The van der Waals surface area contributed by atoms with Gasteiger partial charge in [-0.3, -0.25) is 4.79 Å². The second kappa shape index (κ2) is 6.76. The van der Waals surface area contributed by atoms with Crippen LogP contribution in [-0.4, -0.2) is 5.78 Å². The first-order valence-electron chi connectivity index (χ1n) is 7.28. The van der Waals surface area contributed by atoms with Crippen molar-refractivity contribution in [1.82, 2.24) is 0 Å².